The fourth-order valence-corrected chi connectivity index (χ4v) is 1.20. The molecule has 0 spiro atoms. The number of esters is 2. The van der Waals surface area contributed by atoms with E-state index in [0.29, 0.717) is 0 Å². The third kappa shape index (κ3) is 3.88. The lowest BCUT2D eigenvalue weighted by Gasteiger charge is -2.29. The first kappa shape index (κ1) is 14.4. The highest BCUT2D eigenvalue weighted by molar-refractivity contribution is 5.87. The number of ether oxygens (including phenoxy) is 2. The second-order valence-electron chi connectivity index (χ2n) is 3.18. The van der Waals surface area contributed by atoms with Gasteiger partial charge in [-0.1, -0.05) is 6.92 Å². The van der Waals surface area contributed by atoms with Gasteiger partial charge in [-0.2, -0.15) is 0 Å². The van der Waals surface area contributed by atoms with E-state index in [2.05, 4.69) is 5.32 Å². The first-order chi connectivity index (χ1) is 7.38. The van der Waals surface area contributed by atoms with Gasteiger partial charge in [0.25, 0.3) is 5.72 Å². The molecule has 0 saturated heterocycles. The molecular weight excluding hydrogens is 214 g/mol. The van der Waals surface area contributed by atoms with Gasteiger partial charge in [-0.25, -0.2) is 4.79 Å². The van der Waals surface area contributed by atoms with E-state index in [-0.39, 0.29) is 13.0 Å². The monoisotopic (exact) mass is 231 g/mol. The molecule has 1 unspecified atom stereocenters. The molecule has 0 fully saturated rings. The highest BCUT2D eigenvalue weighted by Crippen LogP contribution is 2.15. The molecule has 16 heavy (non-hydrogen) atoms. The summed E-state index contributed by atoms with van der Waals surface area (Å²) in [5.74, 6) is -1.91. The minimum Gasteiger partial charge on any atom is -0.462 e. The molecule has 0 aliphatic rings. The molecule has 0 saturated carbocycles. The minimum atomic E-state index is -1.71. The van der Waals surface area contributed by atoms with Crippen LogP contribution in [0.4, 0.5) is 0 Å². The Morgan fingerprint density at radius 1 is 1.19 bits per heavy atom. The van der Waals surface area contributed by atoms with Crippen LogP contribution in [0.2, 0.25) is 0 Å². The van der Waals surface area contributed by atoms with Crippen LogP contribution in [-0.4, -0.2) is 30.2 Å². The van der Waals surface area contributed by atoms with Crippen molar-refractivity contribution in [3.05, 3.63) is 0 Å². The van der Waals surface area contributed by atoms with E-state index in [1.54, 1.807) is 13.8 Å². The van der Waals surface area contributed by atoms with E-state index in [9.17, 15) is 14.4 Å². The number of carbonyl (C=O) groups excluding carboxylic acids is 3. The van der Waals surface area contributed by atoms with E-state index in [1.807, 2.05) is 0 Å². The van der Waals surface area contributed by atoms with Crippen molar-refractivity contribution in [2.75, 3.05) is 6.61 Å². The average Bonchev–Trinajstić information content (AvgIpc) is 2.15. The van der Waals surface area contributed by atoms with Crippen LogP contribution < -0.4 is 5.32 Å². The van der Waals surface area contributed by atoms with Crippen LogP contribution in [0.25, 0.3) is 0 Å². The van der Waals surface area contributed by atoms with Gasteiger partial charge in [-0.15, -0.1) is 0 Å². The average molecular weight is 231 g/mol. The van der Waals surface area contributed by atoms with Gasteiger partial charge in [0.1, 0.15) is 0 Å². The Bertz CT molecular complexity index is 271. The Morgan fingerprint density at radius 3 is 2.06 bits per heavy atom. The number of nitrogens with one attached hydrogen (secondary N) is 1. The van der Waals surface area contributed by atoms with Gasteiger partial charge in [-0.3, -0.25) is 9.59 Å². The predicted octanol–water partition coefficient (Wildman–Crippen LogP) is 0.355. The van der Waals surface area contributed by atoms with Gasteiger partial charge < -0.3 is 14.8 Å². The minimum absolute atomic E-state index is 0.102. The maximum Gasteiger partial charge on any atom is 0.372 e. The number of rotatable bonds is 5. The molecule has 0 radical (unpaired) electrons. The molecule has 1 atom stereocenters. The van der Waals surface area contributed by atoms with Crippen LogP contribution in [-0.2, 0) is 23.9 Å². The Balaban J connectivity index is 5.00. The molecule has 0 aliphatic carbocycles. The Labute approximate surface area is 94.3 Å². The molecule has 1 N–H and O–H groups in total. The maximum absolute atomic E-state index is 11.7. The summed E-state index contributed by atoms with van der Waals surface area (Å²) in [7, 11) is 0. The van der Waals surface area contributed by atoms with Crippen LogP contribution in [0, 0.1) is 0 Å². The van der Waals surface area contributed by atoms with Crippen molar-refractivity contribution >= 4 is 17.8 Å². The first-order valence-electron chi connectivity index (χ1n) is 5.03. The Kier molecular flexibility index (Phi) is 5.49. The lowest BCUT2D eigenvalue weighted by Crippen LogP contribution is -2.57. The SMILES string of the molecule is CCOC(=O)C(CC)(NC(C)=O)OC(C)=O. The summed E-state index contributed by atoms with van der Waals surface area (Å²) < 4.78 is 9.64. The number of carbonyl (C=O) groups is 3. The number of amides is 1. The topological polar surface area (TPSA) is 81.7 Å². The van der Waals surface area contributed by atoms with Crippen LogP contribution >= 0.6 is 0 Å². The molecule has 92 valence electrons. The van der Waals surface area contributed by atoms with Gasteiger partial charge in [0, 0.05) is 20.3 Å². The maximum atomic E-state index is 11.7. The van der Waals surface area contributed by atoms with Crippen molar-refractivity contribution < 1.29 is 23.9 Å². The molecule has 0 rings (SSSR count). The van der Waals surface area contributed by atoms with Gasteiger partial charge in [0.15, 0.2) is 0 Å². The van der Waals surface area contributed by atoms with Gasteiger partial charge >= 0.3 is 11.9 Å². The van der Waals surface area contributed by atoms with E-state index in [0.717, 1.165) is 6.92 Å². The van der Waals surface area contributed by atoms with E-state index >= 15 is 0 Å². The summed E-state index contributed by atoms with van der Waals surface area (Å²) in [6.45, 7) is 5.76. The molecule has 0 aromatic carbocycles. The van der Waals surface area contributed by atoms with Crippen LogP contribution in [0.1, 0.15) is 34.1 Å². The summed E-state index contributed by atoms with van der Waals surface area (Å²) in [5, 5.41) is 2.30. The lowest BCUT2D eigenvalue weighted by molar-refractivity contribution is -0.187. The van der Waals surface area contributed by atoms with Crippen LogP contribution in [0.5, 0.6) is 0 Å². The molecule has 1 amide bonds. The molecule has 0 bridgehead atoms. The fourth-order valence-electron chi connectivity index (χ4n) is 1.20. The zero-order valence-electron chi connectivity index (χ0n) is 9.96. The van der Waals surface area contributed by atoms with Crippen LogP contribution in [0.3, 0.4) is 0 Å². The van der Waals surface area contributed by atoms with Crippen LogP contribution in [0.15, 0.2) is 0 Å². The van der Waals surface area contributed by atoms with Gasteiger partial charge in [-0.05, 0) is 6.92 Å². The lowest BCUT2D eigenvalue weighted by atomic mass is 10.1. The smallest absolute Gasteiger partial charge is 0.372 e. The van der Waals surface area contributed by atoms with Crippen molar-refractivity contribution in [3.63, 3.8) is 0 Å². The van der Waals surface area contributed by atoms with E-state index in [1.165, 1.54) is 6.92 Å². The molecule has 0 aromatic rings. The molecule has 0 aliphatic heterocycles. The highest BCUT2D eigenvalue weighted by atomic mass is 16.6. The summed E-state index contributed by atoms with van der Waals surface area (Å²) in [5.41, 5.74) is -1.71. The third-order valence-corrected chi connectivity index (χ3v) is 1.80. The summed E-state index contributed by atoms with van der Waals surface area (Å²) in [6.07, 6.45) is 0.102. The summed E-state index contributed by atoms with van der Waals surface area (Å²) in [6, 6.07) is 0. The second kappa shape index (κ2) is 6.09. The quantitative estimate of drug-likeness (QED) is 0.545. The molecule has 0 aromatic heterocycles. The fraction of sp³-hybridized carbons (Fsp3) is 0.700. The van der Waals surface area contributed by atoms with Gasteiger partial charge in [0.2, 0.25) is 5.91 Å². The zero-order valence-corrected chi connectivity index (χ0v) is 9.96. The largest absolute Gasteiger partial charge is 0.462 e. The first-order valence-corrected chi connectivity index (χ1v) is 5.03. The predicted molar refractivity (Wildman–Crippen MR) is 55.2 cm³/mol. The highest BCUT2D eigenvalue weighted by Gasteiger charge is 2.42. The van der Waals surface area contributed by atoms with Crippen molar-refractivity contribution in [3.8, 4) is 0 Å². The summed E-state index contributed by atoms with van der Waals surface area (Å²) in [4.78, 5) is 33.6. The second-order valence-corrected chi connectivity index (χ2v) is 3.18. The number of hydrogen-bond acceptors (Lipinski definition) is 5. The standard InChI is InChI=1S/C10H17NO5/c1-5-10(11-7(3)12,16-8(4)13)9(14)15-6-2/h5-6H2,1-4H3,(H,11,12). The third-order valence-electron chi connectivity index (χ3n) is 1.80. The summed E-state index contributed by atoms with van der Waals surface area (Å²) >= 11 is 0. The van der Waals surface area contributed by atoms with E-state index < -0.39 is 23.6 Å². The molecule has 0 heterocycles. The molecular formula is C10H17NO5. The molecule has 6 heteroatoms. The van der Waals surface area contributed by atoms with Crippen molar-refractivity contribution in [2.24, 2.45) is 0 Å². The Hall–Kier alpha value is -1.59. The van der Waals surface area contributed by atoms with Crippen molar-refractivity contribution in [1.82, 2.24) is 5.32 Å². The normalized spacial score (nSPS) is 13.5. The van der Waals surface area contributed by atoms with Gasteiger partial charge in [0.05, 0.1) is 6.61 Å². The molecule has 6 nitrogen and oxygen atoms in total. The zero-order chi connectivity index (χ0) is 12.8. The van der Waals surface area contributed by atoms with E-state index in [4.69, 9.17) is 9.47 Å². The van der Waals surface area contributed by atoms with Crippen molar-refractivity contribution in [2.45, 2.75) is 39.8 Å². The Morgan fingerprint density at radius 2 is 1.75 bits per heavy atom. The van der Waals surface area contributed by atoms with Crippen molar-refractivity contribution in [1.29, 1.82) is 0 Å². The number of hydrogen-bond donors (Lipinski definition) is 1.